The van der Waals surface area contributed by atoms with Crippen molar-refractivity contribution in [3.8, 4) is 5.75 Å². The van der Waals surface area contributed by atoms with Gasteiger partial charge in [-0.2, -0.15) is 0 Å². The Labute approximate surface area is 166 Å². The zero-order chi connectivity index (χ0) is 20.1. The molecule has 2 atom stereocenters. The third-order valence-electron chi connectivity index (χ3n) is 5.22. The number of amides is 2. The summed E-state index contributed by atoms with van der Waals surface area (Å²) in [7, 11) is 1.57. The van der Waals surface area contributed by atoms with E-state index in [0.29, 0.717) is 29.5 Å². The van der Waals surface area contributed by atoms with Crippen LogP contribution in [-0.4, -0.2) is 50.3 Å². The topological polar surface area (TPSA) is 79.9 Å². The molecular formula is C21H29N3O4. The van der Waals surface area contributed by atoms with E-state index < -0.39 is 12.0 Å². The highest BCUT2D eigenvalue weighted by Crippen LogP contribution is 2.34. The number of nitrogens with one attached hydrogen (secondary N) is 2. The van der Waals surface area contributed by atoms with Gasteiger partial charge in [0.15, 0.2) is 0 Å². The first-order valence-corrected chi connectivity index (χ1v) is 9.86. The van der Waals surface area contributed by atoms with Gasteiger partial charge in [0, 0.05) is 24.4 Å². The first-order chi connectivity index (χ1) is 13.5. The second-order valence-corrected chi connectivity index (χ2v) is 7.37. The number of carbonyl (C=O) groups excluding carboxylic acids is 2. The normalized spacial score (nSPS) is 23.0. The Morgan fingerprint density at radius 2 is 2.11 bits per heavy atom. The molecule has 7 nitrogen and oxygen atoms in total. The van der Waals surface area contributed by atoms with E-state index in [1.807, 2.05) is 24.3 Å². The lowest BCUT2D eigenvalue weighted by Crippen LogP contribution is -2.49. The van der Waals surface area contributed by atoms with E-state index in [9.17, 15) is 9.59 Å². The van der Waals surface area contributed by atoms with E-state index in [0.717, 1.165) is 25.1 Å². The molecule has 0 unspecified atom stereocenters. The van der Waals surface area contributed by atoms with Gasteiger partial charge in [0.05, 0.1) is 25.3 Å². The maximum atomic E-state index is 12.9. The number of hydrogen-bond donors (Lipinski definition) is 2. The lowest BCUT2D eigenvalue weighted by Gasteiger charge is -2.35. The third-order valence-corrected chi connectivity index (χ3v) is 5.22. The van der Waals surface area contributed by atoms with Crippen molar-refractivity contribution in [3.63, 3.8) is 0 Å². The fraction of sp³-hybridized carbons (Fsp3) is 0.524. The predicted molar refractivity (Wildman–Crippen MR) is 106 cm³/mol. The Balaban J connectivity index is 2.01. The van der Waals surface area contributed by atoms with Crippen LogP contribution in [0.5, 0.6) is 5.75 Å². The predicted octanol–water partition coefficient (Wildman–Crippen LogP) is 2.60. The van der Waals surface area contributed by atoms with Crippen molar-refractivity contribution in [2.45, 2.75) is 32.7 Å². The van der Waals surface area contributed by atoms with Gasteiger partial charge in [-0.1, -0.05) is 25.1 Å². The molecule has 0 spiro atoms. The molecule has 2 aliphatic rings. The smallest absolute Gasteiger partial charge is 0.338 e. The average Bonchev–Trinajstić information content (AvgIpc) is 2.67. The SMILES string of the molecule is CCOC(=O)C1=C(CN2CCC[C@H](C)C2)NC(=O)N[C@H]1c1ccccc1OC. The molecule has 0 aliphatic carbocycles. The van der Waals surface area contributed by atoms with Crippen LogP contribution >= 0.6 is 0 Å². The standard InChI is InChI=1S/C21H29N3O4/c1-4-28-20(25)18-16(13-24-11-7-8-14(2)12-24)22-21(26)23-19(18)15-9-5-6-10-17(15)27-3/h5-6,9-10,14,19H,4,7-8,11-13H2,1-3H3,(H2,22,23,26)/t14-,19-/m0/s1. The summed E-state index contributed by atoms with van der Waals surface area (Å²) in [4.78, 5) is 27.6. The molecule has 0 bridgehead atoms. The zero-order valence-corrected chi connectivity index (χ0v) is 16.8. The summed E-state index contributed by atoms with van der Waals surface area (Å²) >= 11 is 0. The van der Waals surface area contributed by atoms with E-state index in [1.165, 1.54) is 6.42 Å². The maximum Gasteiger partial charge on any atom is 0.338 e. The Bertz CT molecular complexity index is 762. The van der Waals surface area contributed by atoms with Gasteiger partial charge in [-0.15, -0.1) is 0 Å². The molecule has 2 amide bonds. The van der Waals surface area contributed by atoms with Crippen molar-refractivity contribution in [2.24, 2.45) is 5.92 Å². The van der Waals surface area contributed by atoms with Crippen LogP contribution in [0.4, 0.5) is 4.79 Å². The van der Waals surface area contributed by atoms with Crippen LogP contribution in [0.2, 0.25) is 0 Å². The number of benzene rings is 1. The number of urea groups is 1. The molecule has 0 aromatic heterocycles. The van der Waals surface area contributed by atoms with Crippen LogP contribution < -0.4 is 15.4 Å². The number of methoxy groups -OCH3 is 1. The summed E-state index contributed by atoms with van der Waals surface area (Å²) < 4.78 is 10.8. The molecule has 3 rings (SSSR count). The molecule has 2 aliphatic heterocycles. The second-order valence-electron chi connectivity index (χ2n) is 7.37. The summed E-state index contributed by atoms with van der Waals surface area (Å²) in [5.41, 5.74) is 1.77. The van der Waals surface area contributed by atoms with Gasteiger partial charge in [-0.05, 0) is 38.3 Å². The van der Waals surface area contributed by atoms with Crippen LogP contribution in [0, 0.1) is 5.92 Å². The zero-order valence-electron chi connectivity index (χ0n) is 16.8. The van der Waals surface area contributed by atoms with E-state index in [-0.39, 0.29) is 12.6 Å². The number of esters is 1. The highest BCUT2D eigenvalue weighted by atomic mass is 16.5. The van der Waals surface area contributed by atoms with Gasteiger partial charge in [-0.25, -0.2) is 9.59 Å². The fourth-order valence-corrected chi connectivity index (χ4v) is 3.98. The molecule has 1 saturated heterocycles. The van der Waals surface area contributed by atoms with Gasteiger partial charge in [-0.3, -0.25) is 4.90 Å². The number of piperidine rings is 1. The largest absolute Gasteiger partial charge is 0.496 e. The average molecular weight is 387 g/mol. The number of likely N-dealkylation sites (tertiary alicyclic amines) is 1. The first-order valence-electron chi connectivity index (χ1n) is 9.86. The van der Waals surface area contributed by atoms with Gasteiger partial charge >= 0.3 is 12.0 Å². The fourth-order valence-electron chi connectivity index (χ4n) is 3.98. The number of nitrogens with zero attached hydrogens (tertiary/aromatic N) is 1. The molecule has 1 aromatic carbocycles. The van der Waals surface area contributed by atoms with Crippen molar-refractivity contribution < 1.29 is 19.1 Å². The number of para-hydroxylation sites is 1. The monoisotopic (exact) mass is 387 g/mol. The van der Waals surface area contributed by atoms with Crippen molar-refractivity contribution in [3.05, 3.63) is 41.1 Å². The summed E-state index contributed by atoms with van der Waals surface area (Å²) in [6.45, 7) is 6.68. The van der Waals surface area contributed by atoms with Crippen molar-refractivity contribution in [1.82, 2.24) is 15.5 Å². The molecule has 1 fully saturated rings. The number of ether oxygens (including phenoxy) is 2. The van der Waals surface area contributed by atoms with Crippen molar-refractivity contribution in [2.75, 3.05) is 33.4 Å². The summed E-state index contributed by atoms with van der Waals surface area (Å²) in [6, 6.07) is 6.44. The number of rotatable bonds is 6. The quantitative estimate of drug-likeness (QED) is 0.734. The first kappa shape index (κ1) is 20.2. The molecule has 152 valence electrons. The Kier molecular flexibility index (Phi) is 6.57. The molecule has 2 heterocycles. The second kappa shape index (κ2) is 9.10. The van der Waals surface area contributed by atoms with Crippen molar-refractivity contribution >= 4 is 12.0 Å². The highest BCUT2D eigenvalue weighted by Gasteiger charge is 2.36. The summed E-state index contributed by atoms with van der Waals surface area (Å²) in [5.74, 6) is 0.788. The van der Waals surface area contributed by atoms with Crippen LogP contribution in [0.25, 0.3) is 0 Å². The van der Waals surface area contributed by atoms with Crippen LogP contribution in [-0.2, 0) is 9.53 Å². The lowest BCUT2D eigenvalue weighted by atomic mass is 9.93. The summed E-state index contributed by atoms with van der Waals surface area (Å²) in [6.07, 6.45) is 2.32. The van der Waals surface area contributed by atoms with Crippen LogP contribution in [0.1, 0.15) is 38.3 Å². The van der Waals surface area contributed by atoms with E-state index in [4.69, 9.17) is 9.47 Å². The van der Waals surface area contributed by atoms with Gasteiger partial charge in [0.1, 0.15) is 5.75 Å². The van der Waals surface area contributed by atoms with Crippen LogP contribution in [0.15, 0.2) is 35.5 Å². The van der Waals surface area contributed by atoms with Gasteiger partial charge in [0.2, 0.25) is 0 Å². The Hall–Kier alpha value is -2.54. The van der Waals surface area contributed by atoms with Gasteiger partial charge in [0.25, 0.3) is 0 Å². The lowest BCUT2D eigenvalue weighted by molar-refractivity contribution is -0.139. The third kappa shape index (κ3) is 4.47. The molecule has 2 N–H and O–H groups in total. The minimum absolute atomic E-state index is 0.267. The highest BCUT2D eigenvalue weighted by molar-refractivity contribution is 5.95. The molecule has 0 saturated carbocycles. The van der Waals surface area contributed by atoms with E-state index in [1.54, 1.807) is 14.0 Å². The van der Waals surface area contributed by atoms with Gasteiger partial charge < -0.3 is 20.1 Å². The molecule has 0 radical (unpaired) electrons. The van der Waals surface area contributed by atoms with E-state index in [2.05, 4.69) is 22.5 Å². The van der Waals surface area contributed by atoms with E-state index >= 15 is 0 Å². The molecule has 7 heteroatoms. The molecule has 28 heavy (non-hydrogen) atoms. The molecular weight excluding hydrogens is 358 g/mol. The van der Waals surface area contributed by atoms with Crippen LogP contribution in [0.3, 0.4) is 0 Å². The maximum absolute atomic E-state index is 12.9. The summed E-state index contributed by atoms with van der Waals surface area (Å²) in [5, 5.41) is 5.72. The molecule has 1 aromatic rings. The minimum atomic E-state index is -0.624. The van der Waals surface area contributed by atoms with Crippen molar-refractivity contribution in [1.29, 1.82) is 0 Å². The number of hydrogen-bond acceptors (Lipinski definition) is 5. The Morgan fingerprint density at radius 3 is 2.82 bits per heavy atom. The number of carbonyl (C=O) groups is 2. The Morgan fingerprint density at radius 1 is 1.32 bits per heavy atom. The minimum Gasteiger partial charge on any atom is -0.496 e.